The minimum Gasteiger partial charge on any atom is -0.382 e. The number of ether oxygens (including phenoxy) is 1. The summed E-state index contributed by atoms with van der Waals surface area (Å²) in [6, 6.07) is 14.8. The van der Waals surface area contributed by atoms with Gasteiger partial charge in [0.2, 0.25) is 11.9 Å². The van der Waals surface area contributed by atoms with E-state index in [2.05, 4.69) is 22.5 Å². The number of fused-ring (bicyclic) bond motifs is 1. The Morgan fingerprint density at radius 2 is 1.97 bits per heavy atom. The number of amides is 2. The zero-order valence-electron chi connectivity index (χ0n) is 17.9. The summed E-state index contributed by atoms with van der Waals surface area (Å²) in [4.78, 5) is 29.8. The summed E-state index contributed by atoms with van der Waals surface area (Å²) in [5, 5.41) is 5.85. The summed E-state index contributed by atoms with van der Waals surface area (Å²) in [6.07, 6.45) is 1.74. The number of hydrogen-bond acceptors (Lipinski definition) is 4. The highest BCUT2D eigenvalue weighted by Gasteiger charge is 2.39. The lowest BCUT2D eigenvalue weighted by atomic mass is 10.2. The highest BCUT2D eigenvalue weighted by Crippen LogP contribution is 2.38. The van der Waals surface area contributed by atoms with E-state index in [4.69, 9.17) is 4.74 Å². The van der Waals surface area contributed by atoms with Crippen LogP contribution in [0.5, 0.6) is 0 Å². The molecule has 2 aromatic carbocycles. The van der Waals surface area contributed by atoms with Crippen LogP contribution in [0.4, 0.5) is 11.6 Å². The molecule has 1 fully saturated rings. The van der Waals surface area contributed by atoms with Gasteiger partial charge in [-0.25, -0.2) is 4.98 Å². The molecule has 0 spiro atoms. The Labute approximate surface area is 181 Å². The van der Waals surface area contributed by atoms with E-state index < -0.39 is 0 Å². The van der Waals surface area contributed by atoms with E-state index in [0.717, 1.165) is 23.9 Å². The molecular weight excluding hydrogens is 392 g/mol. The van der Waals surface area contributed by atoms with Crippen LogP contribution in [0.15, 0.2) is 48.5 Å². The lowest BCUT2D eigenvalue weighted by molar-refractivity contribution is -0.117. The Bertz CT molecular complexity index is 1090. The third-order valence-electron chi connectivity index (χ3n) is 5.59. The van der Waals surface area contributed by atoms with Gasteiger partial charge in [0.1, 0.15) is 0 Å². The maximum atomic E-state index is 13.0. The minimum atomic E-state index is -0.266. The van der Waals surface area contributed by atoms with Gasteiger partial charge >= 0.3 is 0 Å². The number of nitrogens with one attached hydrogen (secondary N) is 2. The fraction of sp³-hybridized carbons (Fsp3) is 0.375. The van der Waals surface area contributed by atoms with Crippen LogP contribution >= 0.6 is 0 Å². The summed E-state index contributed by atoms with van der Waals surface area (Å²) in [5.74, 6) is 0.763. The van der Waals surface area contributed by atoms with Gasteiger partial charge in [0, 0.05) is 36.9 Å². The SMILES string of the molecule is CCOCCCn1c(NC(=O)c2cccc(NC(=O)C3CC3C)c2)nc2ccccc21. The predicted molar refractivity (Wildman–Crippen MR) is 121 cm³/mol. The maximum Gasteiger partial charge on any atom is 0.258 e. The van der Waals surface area contributed by atoms with Crippen LogP contribution in [-0.2, 0) is 16.1 Å². The van der Waals surface area contributed by atoms with E-state index in [9.17, 15) is 9.59 Å². The lowest BCUT2D eigenvalue weighted by Crippen LogP contribution is -2.18. The predicted octanol–water partition coefficient (Wildman–Crippen LogP) is 4.31. The third kappa shape index (κ3) is 4.94. The average Bonchev–Trinajstić information content (AvgIpc) is 3.41. The van der Waals surface area contributed by atoms with Crippen molar-refractivity contribution in [2.75, 3.05) is 23.8 Å². The normalized spacial score (nSPS) is 17.5. The van der Waals surface area contributed by atoms with E-state index in [1.165, 1.54) is 0 Å². The molecular formula is C24H28N4O3. The Kier molecular flexibility index (Phi) is 6.32. The number of aromatic nitrogens is 2. The van der Waals surface area contributed by atoms with Gasteiger partial charge in [0.25, 0.3) is 5.91 Å². The van der Waals surface area contributed by atoms with Crippen LogP contribution in [0.2, 0.25) is 0 Å². The van der Waals surface area contributed by atoms with Crippen LogP contribution in [0, 0.1) is 11.8 Å². The minimum absolute atomic E-state index is 0.0150. The molecule has 7 nitrogen and oxygen atoms in total. The van der Waals surface area contributed by atoms with Gasteiger partial charge in [-0.15, -0.1) is 0 Å². The zero-order valence-corrected chi connectivity index (χ0v) is 17.9. The number of rotatable bonds is 9. The van der Waals surface area contributed by atoms with Gasteiger partial charge in [-0.2, -0.15) is 0 Å². The monoisotopic (exact) mass is 420 g/mol. The first kappa shape index (κ1) is 21.1. The third-order valence-corrected chi connectivity index (χ3v) is 5.59. The van der Waals surface area contributed by atoms with Crippen LogP contribution < -0.4 is 10.6 Å². The number of carbonyl (C=O) groups is 2. The Hall–Kier alpha value is -3.19. The van der Waals surface area contributed by atoms with E-state index in [0.29, 0.717) is 42.9 Å². The summed E-state index contributed by atoms with van der Waals surface area (Å²) in [5.41, 5.74) is 2.89. The van der Waals surface area contributed by atoms with E-state index in [1.807, 2.05) is 35.8 Å². The molecule has 4 rings (SSSR count). The van der Waals surface area contributed by atoms with E-state index in [1.54, 1.807) is 24.3 Å². The lowest BCUT2D eigenvalue weighted by Gasteiger charge is -2.11. The van der Waals surface area contributed by atoms with Crippen molar-refractivity contribution in [3.63, 3.8) is 0 Å². The molecule has 2 unspecified atom stereocenters. The fourth-order valence-corrected chi connectivity index (χ4v) is 3.70. The average molecular weight is 421 g/mol. The van der Waals surface area contributed by atoms with Gasteiger partial charge in [0.15, 0.2) is 0 Å². The molecule has 162 valence electrons. The summed E-state index contributed by atoms with van der Waals surface area (Å²) < 4.78 is 7.46. The molecule has 1 heterocycles. The largest absolute Gasteiger partial charge is 0.382 e. The molecule has 3 aromatic rings. The van der Waals surface area contributed by atoms with Gasteiger partial charge in [-0.3, -0.25) is 14.9 Å². The number of anilines is 2. The van der Waals surface area contributed by atoms with Gasteiger partial charge in [-0.05, 0) is 56.0 Å². The summed E-state index contributed by atoms with van der Waals surface area (Å²) >= 11 is 0. The van der Waals surface area contributed by atoms with Crippen LogP contribution in [0.25, 0.3) is 11.0 Å². The molecule has 0 saturated heterocycles. The highest BCUT2D eigenvalue weighted by atomic mass is 16.5. The standard InChI is InChI=1S/C24H28N4O3/c1-3-31-13-7-12-28-21-11-5-4-10-20(21)26-24(28)27-22(29)17-8-6-9-18(15-17)25-23(30)19-14-16(19)2/h4-6,8-11,15-16,19H,3,7,12-14H2,1-2H3,(H,25,30)(H,26,27,29). The van der Waals surface area contributed by atoms with Crippen LogP contribution in [-0.4, -0.2) is 34.6 Å². The molecule has 0 radical (unpaired) electrons. The molecule has 2 atom stereocenters. The molecule has 1 aromatic heterocycles. The molecule has 2 N–H and O–H groups in total. The first-order valence-corrected chi connectivity index (χ1v) is 10.8. The maximum absolute atomic E-state index is 13.0. The van der Waals surface area contributed by atoms with Crippen molar-refractivity contribution >= 4 is 34.5 Å². The number of hydrogen-bond donors (Lipinski definition) is 2. The number of aryl methyl sites for hydroxylation is 1. The second-order valence-electron chi connectivity index (χ2n) is 7.97. The highest BCUT2D eigenvalue weighted by molar-refractivity contribution is 6.05. The quantitative estimate of drug-likeness (QED) is 0.505. The molecule has 2 amide bonds. The number of benzene rings is 2. The van der Waals surface area contributed by atoms with Gasteiger partial charge in [0.05, 0.1) is 11.0 Å². The molecule has 0 bridgehead atoms. The summed E-state index contributed by atoms with van der Waals surface area (Å²) in [7, 11) is 0. The number of carbonyl (C=O) groups excluding carboxylic acids is 2. The fourth-order valence-electron chi connectivity index (χ4n) is 3.70. The van der Waals surface area contributed by atoms with Gasteiger partial charge < -0.3 is 14.6 Å². The van der Waals surface area contributed by atoms with Crippen LogP contribution in [0.3, 0.4) is 0 Å². The Morgan fingerprint density at radius 3 is 2.74 bits per heavy atom. The number of para-hydroxylation sites is 2. The molecule has 1 saturated carbocycles. The van der Waals surface area contributed by atoms with Crippen molar-refractivity contribution in [3.8, 4) is 0 Å². The topological polar surface area (TPSA) is 85.2 Å². The molecule has 7 heteroatoms. The van der Waals surface area contributed by atoms with E-state index >= 15 is 0 Å². The van der Waals surface area contributed by atoms with Crippen molar-refractivity contribution in [2.45, 2.75) is 33.2 Å². The van der Waals surface area contributed by atoms with Crippen molar-refractivity contribution in [1.29, 1.82) is 0 Å². The first-order chi connectivity index (χ1) is 15.1. The second-order valence-corrected chi connectivity index (χ2v) is 7.97. The molecule has 31 heavy (non-hydrogen) atoms. The van der Waals surface area contributed by atoms with Gasteiger partial charge in [-0.1, -0.05) is 25.1 Å². The van der Waals surface area contributed by atoms with Crippen molar-refractivity contribution in [2.24, 2.45) is 11.8 Å². The Morgan fingerprint density at radius 1 is 1.16 bits per heavy atom. The molecule has 0 aliphatic heterocycles. The van der Waals surface area contributed by atoms with Crippen molar-refractivity contribution in [1.82, 2.24) is 9.55 Å². The Balaban J connectivity index is 1.50. The summed E-state index contributed by atoms with van der Waals surface area (Å²) in [6.45, 7) is 6.05. The zero-order chi connectivity index (χ0) is 21.8. The number of nitrogens with zero attached hydrogens (tertiary/aromatic N) is 2. The molecule has 1 aliphatic carbocycles. The van der Waals surface area contributed by atoms with E-state index in [-0.39, 0.29) is 17.7 Å². The smallest absolute Gasteiger partial charge is 0.258 e. The molecule has 1 aliphatic rings. The second kappa shape index (κ2) is 9.31. The first-order valence-electron chi connectivity index (χ1n) is 10.8. The number of imidazole rings is 1. The van der Waals surface area contributed by atoms with Crippen LogP contribution in [0.1, 0.15) is 37.0 Å². The van der Waals surface area contributed by atoms with Crippen molar-refractivity contribution in [3.05, 3.63) is 54.1 Å². The van der Waals surface area contributed by atoms with Crippen molar-refractivity contribution < 1.29 is 14.3 Å².